The first kappa shape index (κ1) is 12.3. The van der Waals surface area contributed by atoms with Gasteiger partial charge in [0.25, 0.3) is 0 Å². The Kier molecular flexibility index (Phi) is 3.97. The van der Waals surface area contributed by atoms with Crippen molar-refractivity contribution in [2.45, 2.75) is 33.3 Å². The normalized spacial score (nSPS) is 20.6. The van der Waals surface area contributed by atoms with Gasteiger partial charge in [0, 0.05) is 26.2 Å². The minimum absolute atomic E-state index is 0.201. The van der Waals surface area contributed by atoms with E-state index in [0.717, 1.165) is 32.0 Å². The predicted molar refractivity (Wildman–Crippen MR) is 63.0 cm³/mol. The van der Waals surface area contributed by atoms with Crippen LogP contribution in [-0.4, -0.2) is 54.5 Å². The van der Waals surface area contributed by atoms with Crippen LogP contribution < -0.4 is 0 Å². The van der Waals surface area contributed by atoms with E-state index >= 15 is 0 Å². The molecule has 0 N–H and O–H groups in total. The van der Waals surface area contributed by atoms with E-state index in [4.69, 9.17) is 4.84 Å². The van der Waals surface area contributed by atoms with Crippen LogP contribution in [0, 0.1) is 0 Å². The Bertz CT molecular complexity index is 224. The highest BCUT2D eigenvalue weighted by atomic mass is 16.6. The zero-order valence-corrected chi connectivity index (χ0v) is 10.6. The molecule has 0 aromatic heterocycles. The van der Waals surface area contributed by atoms with Gasteiger partial charge in [-0.25, -0.2) is 0 Å². The number of amidine groups is 1. The van der Waals surface area contributed by atoms with Gasteiger partial charge in [0.15, 0.2) is 0 Å². The molecule has 15 heavy (non-hydrogen) atoms. The summed E-state index contributed by atoms with van der Waals surface area (Å²) in [6.07, 6.45) is 0. The van der Waals surface area contributed by atoms with Crippen LogP contribution in [0.4, 0.5) is 0 Å². The smallest absolute Gasteiger partial charge is 0.141 e. The molecule has 4 nitrogen and oxygen atoms in total. The molecule has 0 bridgehead atoms. The molecule has 0 amide bonds. The zero-order chi connectivity index (χ0) is 11.5. The van der Waals surface area contributed by atoms with Crippen molar-refractivity contribution in [1.82, 2.24) is 9.80 Å². The summed E-state index contributed by atoms with van der Waals surface area (Å²) in [4.78, 5) is 10.0. The summed E-state index contributed by atoms with van der Waals surface area (Å²) in [5, 5.41) is 4.17. The third-order valence-electron chi connectivity index (χ3n) is 2.41. The third kappa shape index (κ3) is 4.51. The number of nitrogens with zero attached hydrogens (tertiary/aromatic N) is 3. The molecule has 1 aliphatic heterocycles. The van der Waals surface area contributed by atoms with E-state index in [1.807, 2.05) is 27.7 Å². The van der Waals surface area contributed by atoms with Crippen LogP contribution in [0.1, 0.15) is 27.7 Å². The summed E-state index contributed by atoms with van der Waals surface area (Å²) < 4.78 is 0. The van der Waals surface area contributed by atoms with Gasteiger partial charge in [-0.15, -0.1) is 0 Å². The second-order valence-corrected chi connectivity index (χ2v) is 5.13. The maximum Gasteiger partial charge on any atom is 0.141 e. The molecule has 0 aromatic rings. The van der Waals surface area contributed by atoms with Gasteiger partial charge in [0.05, 0.1) is 0 Å². The van der Waals surface area contributed by atoms with Gasteiger partial charge < -0.3 is 14.6 Å². The fraction of sp³-hybridized carbons (Fsp3) is 0.909. The number of rotatable bonds is 1. The Morgan fingerprint density at radius 2 is 1.67 bits per heavy atom. The van der Waals surface area contributed by atoms with Crippen LogP contribution in [0.3, 0.4) is 0 Å². The van der Waals surface area contributed by atoms with E-state index in [1.165, 1.54) is 0 Å². The van der Waals surface area contributed by atoms with Crippen molar-refractivity contribution in [2.75, 3.05) is 33.2 Å². The van der Waals surface area contributed by atoms with E-state index in [9.17, 15) is 0 Å². The van der Waals surface area contributed by atoms with Crippen LogP contribution in [0.2, 0.25) is 0 Å². The standard InChI is InChI=1S/C11H23N3O/c1-10(12-15-11(2,3)4)14-8-6-13(5)7-9-14/h6-9H2,1-5H3. The highest BCUT2D eigenvalue weighted by Gasteiger charge is 2.16. The largest absolute Gasteiger partial charge is 0.389 e. The first-order chi connectivity index (χ1) is 6.88. The minimum atomic E-state index is -0.201. The van der Waals surface area contributed by atoms with Crippen LogP contribution in [0.15, 0.2) is 5.16 Å². The minimum Gasteiger partial charge on any atom is -0.389 e. The summed E-state index contributed by atoms with van der Waals surface area (Å²) in [7, 11) is 2.15. The molecule has 0 atom stereocenters. The molecule has 0 unspecified atom stereocenters. The van der Waals surface area contributed by atoms with Crippen LogP contribution in [0.25, 0.3) is 0 Å². The van der Waals surface area contributed by atoms with E-state index in [1.54, 1.807) is 0 Å². The molecule has 88 valence electrons. The lowest BCUT2D eigenvalue weighted by atomic mass is 10.2. The van der Waals surface area contributed by atoms with Crippen molar-refractivity contribution >= 4 is 5.84 Å². The van der Waals surface area contributed by atoms with Crippen molar-refractivity contribution in [1.29, 1.82) is 0 Å². The molecule has 1 saturated heterocycles. The van der Waals surface area contributed by atoms with Gasteiger partial charge in [-0.1, -0.05) is 5.16 Å². The number of piperazine rings is 1. The Hall–Kier alpha value is -0.770. The first-order valence-electron chi connectivity index (χ1n) is 5.55. The highest BCUT2D eigenvalue weighted by Crippen LogP contribution is 2.08. The molecule has 0 radical (unpaired) electrons. The Balaban J connectivity index is 2.43. The fourth-order valence-electron chi connectivity index (χ4n) is 1.39. The van der Waals surface area contributed by atoms with Gasteiger partial charge in [0.2, 0.25) is 0 Å². The van der Waals surface area contributed by atoms with E-state index < -0.39 is 0 Å². The Labute approximate surface area is 92.9 Å². The molecule has 4 heteroatoms. The Morgan fingerprint density at radius 1 is 1.13 bits per heavy atom. The fourth-order valence-corrected chi connectivity index (χ4v) is 1.39. The van der Waals surface area contributed by atoms with Crippen molar-refractivity contribution in [3.8, 4) is 0 Å². The molecule has 0 aliphatic carbocycles. The molecule has 0 saturated carbocycles. The molecule has 1 fully saturated rings. The number of hydrogen-bond acceptors (Lipinski definition) is 3. The molecule has 1 rings (SSSR count). The van der Waals surface area contributed by atoms with Crippen molar-refractivity contribution in [3.63, 3.8) is 0 Å². The van der Waals surface area contributed by atoms with Gasteiger partial charge in [-0.3, -0.25) is 0 Å². The molecular weight excluding hydrogens is 190 g/mol. The first-order valence-corrected chi connectivity index (χ1v) is 5.55. The quantitative estimate of drug-likeness (QED) is 0.374. The van der Waals surface area contributed by atoms with E-state index in [0.29, 0.717) is 0 Å². The zero-order valence-electron chi connectivity index (χ0n) is 10.6. The summed E-state index contributed by atoms with van der Waals surface area (Å²) in [6, 6.07) is 0. The van der Waals surface area contributed by atoms with Crippen molar-refractivity contribution < 1.29 is 4.84 Å². The molecule has 1 heterocycles. The SMILES string of the molecule is CC(=NOC(C)(C)C)N1CCN(C)CC1. The number of oxime groups is 1. The molecule has 0 spiro atoms. The average Bonchev–Trinajstić information content (AvgIpc) is 2.14. The lowest BCUT2D eigenvalue weighted by Gasteiger charge is -2.33. The van der Waals surface area contributed by atoms with Gasteiger partial charge in [0.1, 0.15) is 11.4 Å². The monoisotopic (exact) mass is 213 g/mol. The van der Waals surface area contributed by atoms with Crippen LogP contribution in [0.5, 0.6) is 0 Å². The van der Waals surface area contributed by atoms with Crippen molar-refractivity contribution in [2.24, 2.45) is 5.16 Å². The third-order valence-corrected chi connectivity index (χ3v) is 2.41. The summed E-state index contributed by atoms with van der Waals surface area (Å²) in [5.74, 6) is 0.984. The van der Waals surface area contributed by atoms with Gasteiger partial charge in [-0.05, 0) is 34.7 Å². The second kappa shape index (κ2) is 4.84. The lowest BCUT2D eigenvalue weighted by molar-refractivity contribution is -0.00198. The average molecular weight is 213 g/mol. The predicted octanol–water partition coefficient (Wildman–Crippen LogP) is 1.38. The summed E-state index contributed by atoms with van der Waals surface area (Å²) in [5.41, 5.74) is -0.201. The van der Waals surface area contributed by atoms with E-state index in [-0.39, 0.29) is 5.60 Å². The summed E-state index contributed by atoms with van der Waals surface area (Å²) >= 11 is 0. The van der Waals surface area contributed by atoms with E-state index in [2.05, 4.69) is 22.0 Å². The second-order valence-electron chi connectivity index (χ2n) is 5.13. The van der Waals surface area contributed by atoms with Crippen LogP contribution >= 0.6 is 0 Å². The molecule has 1 aliphatic rings. The number of hydrogen-bond donors (Lipinski definition) is 0. The summed E-state index contributed by atoms with van der Waals surface area (Å²) in [6.45, 7) is 12.3. The maximum absolute atomic E-state index is 5.40. The maximum atomic E-state index is 5.40. The Morgan fingerprint density at radius 3 is 2.13 bits per heavy atom. The molecule has 0 aromatic carbocycles. The molecular formula is C11H23N3O. The highest BCUT2D eigenvalue weighted by molar-refractivity contribution is 5.79. The topological polar surface area (TPSA) is 28.1 Å². The van der Waals surface area contributed by atoms with Crippen LogP contribution in [-0.2, 0) is 4.84 Å². The van der Waals surface area contributed by atoms with Gasteiger partial charge in [-0.2, -0.15) is 0 Å². The lowest BCUT2D eigenvalue weighted by Crippen LogP contribution is -2.46. The van der Waals surface area contributed by atoms with Gasteiger partial charge >= 0.3 is 0 Å². The number of likely N-dealkylation sites (N-methyl/N-ethyl adjacent to an activating group) is 1. The van der Waals surface area contributed by atoms with Crippen molar-refractivity contribution in [3.05, 3.63) is 0 Å².